The van der Waals surface area contributed by atoms with Gasteiger partial charge in [0.15, 0.2) is 0 Å². The number of rotatable bonds is 9. The molecule has 0 amide bonds. The van der Waals surface area contributed by atoms with Crippen molar-refractivity contribution in [2.45, 2.75) is 6.42 Å². The maximum Gasteiger partial charge on any atom is 0.353 e. The number of hydrogen-bond acceptors (Lipinski definition) is 10. The first-order valence-corrected chi connectivity index (χ1v) is 7.82. The molecule has 0 spiro atoms. The van der Waals surface area contributed by atoms with Gasteiger partial charge in [-0.05, 0) is 13.0 Å². The third kappa shape index (κ3) is 5.15. The van der Waals surface area contributed by atoms with Crippen molar-refractivity contribution < 1.29 is 14.8 Å². The summed E-state index contributed by atoms with van der Waals surface area (Å²) in [6.45, 7) is 4.87. The predicted octanol–water partition coefficient (Wildman–Crippen LogP) is -0.495. The number of nitro groups is 1. The minimum Gasteiger partial charge on any atom is -0.395 e. The molecule has 5 N–H and O–H groups in total. The fourth-order valence-corrected chi connectivity index (χ4v) is 2.36. The summed E-state index contributed by atoms with van der Waals surface area (Å²) in [7, 11) is 0. The number of nitrogens with two attached hydrogens (primary N) is 1. The van der Waals surface area contributed by atoms with Crippen LogP contribution in [0.2, 0.25) is 0 Å². The molecule has 0 aliphatic carbocycles. The van der Waals surface area contributed by atoms with Gasteiger partial charge in [-0.1, -0.05) is 0 Å². The number of nitrogen functional groups attached to an aromatic ring is 1. The average Bonchev–Trinajstić information content (AvgIpc) is 2.57. The third-order valence-electron chi connectivity index (χ3n) is 3.54. The van der Waals surface area contributed by atoms with Crippen LogP contribution in [0.25, 0.3) is 0 Å². The lowest BCUT2D eigenvalue weighted by Crippen LogP contribution is -2.37. The molecule has 0 bridgehead atoms. The van der Waals surface area contributed by atoms with Crippen LogP contribution in [-0.2, 0) is 4.74 Å². The molecule has 0 aromatic carbocycles. The Morgan fingerprint density at radius 1 is 1.29 bits per heavy atom. The number of nitrogens with one attached hydrogen (secondary N) is 2. The summed E-state index contributed by atoms with van der Waals surface area (Å²) in [5.41, 5.74) is 5.27. The summed E-state index contributed by atoms with van der Waals surface area (Å²) in [4.78, 5) is 20.7. The van der Waals surface area contributed by atoms with Gasteiger partial charge in [0.05, 0.1) is 24.7 Å². The van der Waals surface area contributed by atoms with E-state index < -0.39 is 4.92 Å². The van der Waals surface area contributed by atoms with E-state index in [1.54, 1.807) is 0 Å². The summed E-state index contributed by atoms with van der Waals surface area (Å²) in [6.07, 6.45) is 0.875. The van der Waals surface area contributed by atoms with Crippen molar-refractivity contribution in [1.29, 1.82) is 0 Å². The van der Waals surface area contributed by atoms with Crippen LogP contribution >= 0.6 is 0 Å². The lowest BCUT2D eigenvalue weighted by molar-refractivity contribution is -0.383. The molecule has 1 aromatic rings. The normalized spacial score (nSPS) is 15.2. The predicted molar refractivity (Wildman–Crippen MR) is 89.0 cm³/mol. The first-order valence-electron chi connectivity index (χ1n) is 7.82. The standard InChI is InChI=1S/C13H23N7O4/c14-11-10(20(22)23)12(15-3-7-21)18-13(17-11)16-2-1-4-19-5-8-24-9-6-19/h21H,1-9H2,(H4,14,15,16,17,18). The minimum atomic E-state index is -0.642. The van der Waals surface area contributed by atoms with Crippen LogP contribution < -0.4 is 16.4 Å². The molecular weight excluding hydrogens is 318 g/mol. The summed E-state index contributed by atoms with van der Waals surface area (Å²) < 4.78 is 5.29. The van der Waals surface area contributed by atoms with E-state index in [1.165, 1.54) is 0 Å². The van der Waals surface area contributed by atoms with Crippen LogP contribution in [0.5, 0.6) is 0 Å². The Morgan fingerprint density at radius 2 is 2.04 bits per heavy atom. The number of aliphatic hydroxyl groups is 1. The van der Waals surface area contributed by atoms with Crippen molar-refractivity contribution >= 4 is 23.3 Å². The zero-order valence-corrected chi connectivity index (χ0v) is 13.4. The van der Waals surface area contributed by atoms with Gasteiger partial charge in [0.25, 0.3) is 0 Å². The van der Waals surface area contributed by atoms with Crippen molar-refractivity contribution in [3.8, 4) is 0 Å². The minimum absolute atomic E-state index is 0.00257. The van der Waals surface area contributed by atoms with E-state index in [0.29, 0.717) is 6.54 Å². The van der Waals surface area contributed by atoms with Gasteiger partial charge >= 0.3 is 5.69 Å². The summed E-state index contributed by atoms with van der Waals surface area (Å²) >= 11 is 0. The molecule has 0 atom stereocenters. The van der Waals surface area contributed by atoms with E-state index in [0.717, 1.165) is 39.3 Å². The first-order chi connectivity index (χ1) is 11.6. The molecule has 11 heteroatoms. The maximum atomic E-state index is 11.1. The van der Waals surface area contributed by atoms with E-state index in [9.17, 15) is 10.1 Å². The molecule has 2 heterocycles. The Balaban J connectivity index is 1.91. The molecule has 1 aromatic heterocycles. The molecule has 0 unspecified atom stereocenters. The molecule has 1 aliphatic rings. The maximum absolute atomic E-state index is 11.1. The number of anilines is 3. The quantitative estimate of drug-likeness (QED) is 0.263. The van der Waals surface area contributed by atoms with Crippen molar-refractivity contribution in [3.63, 3.8) is 0 Å². The van der Waals surface area contributed by atoms with Crippen LogP contribution in [0, 0.1) is 10.1 Å². The van der Waals surface area contributed by atoms with Crippen LogP contribution in [0.15, 0.2) is 0 Å². The number of ether oxygens (including phenoxy) is 1. The second kappa shape index (κ2) is 9.15. The number of nitrogens with zero attached hydrogens (tertiary/aromatic N) is 4. The zero-order chi connectivity index (χ0) is 17.4. The highest BCUT2D eigenvalue weighted by molar-refractivity contribution is 5.69. The van der Waals surface area contributed by atoms with Gasteiger partial charge in [0.1, 0.15) is 0 Å². The molecule has 134 valence electrons. The molecule has 0 saturated carbocycles. The van der Waals surface area contributed by atoms with E-state index >= 15 is 0 Å². The smallest absolute Gasteiger partial charge is 0.353 e. The molecule has 2 rings (SSSR count). The van der Waals surface area contributed by atoms with Crippen molar-refractivity contribution in [3.05, 3.63) is 10.1 Å². The van der Waals surface area contributed by atoms with Gasteiger partial charge in [-0.3, -0.25) is 15.0 Å². The van der Waals surface area contributed by atoms with Crippen molar-refractivity contribution in [2.24, 2.45) is 0 Å². The summed E-state index contributed by atoms with van der Waals surface area (Å²) in [6, 6.07) is 0. The molecule has 11 nitrogen and oxygen atoms in total. The van der Waals surface area contributed by atoms with Gasteiger partial charge in [-0.2, -0.15) is 9.97 Å². The number of hydrogen-bond donors (Lipinski definition) is 4. The third-order valence-corrected chi connectivity index (χ3v) is 3.54. The van der Waals surface area contributed by atoms with E-state index in [1.807, 2.05) is 0 Å². The second-order valence-corrected chi connectivity index (χ2v) is 5.27. The van der Waals surface area contributed by atoms with Crippen LogP contribution in [0.4, 0.5) is 23.3 Å². The van der Waals surface area contributed by atoms with Gasteiger partial charge in [0.2, 0.25) is 17.6 Å². The highest BCUT2D eigenvalue weighted by atomic mass is 16.6. The van der Waals surface area contributed by atoms with Crippen LogP contribution in [0.1, 0.15) is 6.42 Å². The molecular formula is C13H23N7O4. The van der Waals surface area contributed by atoms with Crippen LogP contribution in [-0.4, -0.2) is 77.4 Å². The molecule has 24 heavy (non-hydrogen) atoms. The number of aliphatic hydroxyl groups excluding tert-OH is 1. The van der Waals surface area contributed by atoms with Gasteiger partial charge in [0, 0.05) is 26.2 Å². The average molecular weight is 341 g/mol. The van der Waals surface area contributed by atoms with Crippen LogP contribution in [0.3, 0.4) is 0 Å². The Morgan fingerprint density at radius 3 is 2.71 bits per heavy atom. The fourth-order valence-electron chi connectivity index (χ4n) is 2.36. The molecule has 1 fully saturated rings. The summed E-state index contributed by atoms with van der Waals surface area (Å²) in [5, 5.41) is 25.6. The lowest BCUT2D eigenvalue weighted by atomic mass is 10.3. The molecule has 1 saturated heterocycles. The van der Waals surface area contributed by atoms with Gasteiger partial charge in [-0.15, -0.1) is 0 Å². The zero-order valence-electron chi connectivity index (χ0n) is 13.4. The highest BCUT2D eigenvalue weighted by Gasteiger charge is 2.22. The van der Waals surface area contributed by atoms with Crippen molar-refractivity contribution in [1.82, 2.24) is 14.9 Å². The molecule has 0 radical (unpaired) electrons. The SMILES string of the molecule is Nc1nc(NCCCN2CCOCC2)nc(NCCO)c1[N+](=O)[O-]. The number of morpholine rings is 1. The first kappa shape index (κ1) is 18.1. The van der Waals surface area contributed by atoms with Gasteiger partial charge in [-0.25, -0.2) is 0 Å². The van der Waals surface area contributed by atoms with E-state index in [2.05, 4.69) is 25.5 Å². The van der Waals surface area contributed by atoms with Gasteiger partial charge < -0.3 is 26.2 Å². The lowest BCUT2D eigenvalue weighted by Gasteiger charge is -2.26. The highest BCUT2D eigenvalue weighted by Crippen LogP contribution is 2.28. The fraction of sp³-hybridized carbons (Fsp3) is 0.692. The monoisotopic (exact) mass is 341 g/mol. The van der Waals surface area contributed by atoms with Crippen molar-refractivity contribution in [2.75, 3.05) is 68.9 Å². The Kier molecular flexibility index (Phi) is 6.90. The Bertz CT molecular complexity index is 551. The van der Waals surface area contributed by atoms with E-state index in [4.69, 9.17) is 15.6 Å². The number of aromatic nitrogens is 2. The second-order valence-electron chi connectivity index (χ2n) is 5.27. The van der Waals surface area contributed by atoms with E-state index in [-0.39, 0.29) is 36.4 Å². The molecule has 1 aliphatic heterocycles. The summed E-state index contributed by atoms with van der Waals surface area (Å²) in [5.74, 6) is 0.00358. The Labute approximate surface area is 139 Å². The topological polar surface area (TPSA) is 152 Å². The largest absolute Gasteiger partial charge is 0.395 e. The Hall–Kier alpha value is -2.24.